The number of esters is 1. The lowest BCUT2D eigenvalue weighted by Gasteiger charge is -2.13. The summed E-state index contributed by atoms with van der Waals surface area (Å²) < 4.78 is 29.1. The smallest absolute Gasteiger partial charge is 0.341 e. The number of hydrogen-bond acceptors (Lipinski definition) is 9. The van der Waals surface area contributed by atoms with Gasteiger partial charge in [-0.25, -0.2) is 18.2 Å². The maximum atomic E-state index is 12.6. The third kappa shape index (κ3) is 4.48. The van der Waals surface area contributed by atoms with Gasteiger partial charge in [-0.2, -0.15) is 0 Å². The number of nitrogens with one attached hydrogen (secondary N) is 1. The Balaban J connectivity index is 1.55. The number of thiazole rings is 1. The molecule has 0 saturated carbocycles. The summed E-state index contributed by atoms with van der Waals surface area (Å²) in [5, 5.41) is 7.79. The summed E-state index contributed by atoms with van der Waals surface area (Å²) in [5.41, 5.74) is 1.58. The first-order valence-electron chi connectivity index (χ1n) is 9.16. The van der Waals surface area contributed by atoms with E-state index in [9.17, 15) is 18.0 Å². The number of amides is 1. The molecule has 11 heteroatoms. The van der Waals surface area contributed by atoms with Crippen LogP contribution in [-0.4, -0.2) is 37.6 Å². The van der Waals surface area contributed by atoms with Crippen molar-refractivity contribution in [3.8, 4) is 9.88 Å². The van der Waals surface area contributed by atoms with Crippen LogP contribution in [0.1, 0.15) is 33.4 Å². The summed E-state index contributed by atoms with van der Waals surface area (Å²) in [6.07, 6.45) is 0.305. The molecule has 30 heavy (non-hydrogen) atoms. The second kappa shape index (κ2) is 8.58. The Morgan fingerprint density at radius 2 is 2.13 bits per heavy atom. The maximum absolute atomic E-state index is 12.6. The Hall–Kier alpha value is -2.08. The fraction of sp³-hybridized carbons (Fsp3) is 0.316. The van der Waals surface area contributed by atoms with Crippen LogP contribution in [0.25, 0.3) is 9.88 Å². The highest BCUT2D eigenvalue weighted by Gasteiger charge is 2.32. The van der Waals surface area contributed by atoms with Crippen LogP contribution < -0.4 is 5.32 Å². The predicted molar refractivity (Wildman–Crippen MR) is 119 cm³/mol. The summed E-state index contributed by atoms with van der Waals surface area (Å²) in [6.45, 7) is 1.90. The molecule has 0 aliphatic carbocycles. The van der Waals surface area contributed by atoms with Gasteiger partial charge in [0.05, 0.1) is 40.7 Å². The number of sulfone groups is 1. The summed E-state index contributed by atoms with van der Waals surface area (Å²) in [7, 11) is -3.20. The van der Waals surface area contributed by atoms with Crippen LogP contribution >= 0.6 is 34.0 Å². The Morgan fingerprint density at radius 3 is 2.87 bits per heavy atom. The molecule has 158 valence electrons. The average Bonchev–Trinajstić information content (AvgIpc) is 3.39. The first kappa shape index (κ1) is 21.2. The largest absolute Gasteiger partial charge is 0.462 e. The SMILES string of the molecule is CCOC(=O)c1c(NC(=O)Cc2csc(-c3cccs3)n2)sc2c1CCS(=O)(=O)C2. The molecule has 0 spiro atoms. The van der Waals surface area contributed by atoms with Crippen LogP contribution in [0.4, 0.5) is 5.00 Å². The molecule has 0 radical (unpaired) electrons. The van der Waals surface area contributed by atoms with Gasteiger partial charge in [-0.15, -0.1) is 34.0 Å². The first-order chi connectivity index (χ1) is 14.4. The third-order valence-electron chi connectivity index (χ3n) is 4.46. The number of anilines is 1. The van der Waals surface area contributed by atoms with Gasteiger partial charge in [0.25, 0.3) is 0 Å². The van der Waals surface area contributed by atoms with Gasteiger partial charge in [-0.05, 0) is 30.4 Å². The van der Waals surface area contributed by atoms with E-state index in [0.29, 0.717) is 21.1 Å². The number of carbonyl (C=O) groups excluding carboxylic acids is 2. The van der Waals surface area contributed by atoms with Gasteiger partial charge in [-0.1, -0.05) is 6.07 Å². The minimum Gasteiger partial charge on any atom is -0.462 e. The van der Waals surface area contributed by atoms with E-state index in [4.69, 9.17) is 4.74 Å². The maximum Gasteiger partial charge on any atom is 0.341 e. The quantitative estimate of drug-likeness (QED) is 0.537. The standard InChI is InChI=1S/C19H18N2O5S4/c1-2-26-19(23)16-12-5-7-30(24,25)10-14(12)29-18(16)21-15(22)8-11-9-28-17(20-11)13-4-3-6-27-13/h3-4,6,9H,2,5,7-8,10H2,1H3,(H,21,22). The number of carbonyl (C=O) groups is 2. The first-order valence-corrected chi connectivity index (χ1v) is 13.6. The second-order valence-electron chi connectivity index (χ2n) is 6.62. The Labute approximate surface area is 185 Å². The molecule has 7 nitrogen and oxygen atoms in total. The molecule has 0 saturated heterocycles. The molecule has 0 aromatic carbocycles. The van der Waals surface area contributed by atoms with Crippen molar-refractivity contribution in [2.45, 2.75) is 25.5 Å². The molecule has 1 aliphatic heterocycles. The van der Waals surface area contributed by atoms with Gasteiger partial charge >= 0.3 is 5.97 Å². The third-order valence-corrected chi connectivity index (χ3v) is 9.28. The molecule has 0 bridgehead atoms. The minimum atomic E-state index is -3.20. The summed E-state index contributed by atoms with van der Waals surface area (Å²) >= 11 is 4.19. The highest BCUT2D eigenvalue weighted by molar-refractivity contribution is 7.90. The summed E-state index contributed by atoms with van der Waals surface area (Å²) in [6, 6.07) is 3.92. The van der Waals surface area contributed by atoms with E-state index in [1.807, 2.05) is 22.9 Å². The molecule has 0 fully saturated rings. The zero-order valence-corrected chi connectivity index (χ0v) is 19.2. The number of ether oxygens (including phenoxy) is 1. The van der Waals surface area contributed by atoms with Crippen LogP contribution in [-0.2, 0) is 38.0 Å². The average molecular weight is 483 g/mol. The van der Waals surface area contributed by atoms with Crippen molar-refractivity contribution in [2.75, 3.05) is 17.7 Å². The van der Waals surface area contributed by atoms with E-state index in [1.54, 1.807) is 18.3 Å². The van der Waals surface area contributed by atoms with Gasteiger partial charge in [0, 0.05) is 10.3 Å². The van der Waals surface area contributed by atoms with E-state index in [1.165, 1.54) is 11.3 Å². The molecule has 0 unspecified atom stereocenters. The fourth-order valence-electron chi connectivity index (χ4n) is 3.17. The van der Waals surface area contributed by atoms with E-state index >= 15 is 0 Å². The number of aromatic nitrogens is 1. The number of thiophene rings is 2. The van der Waals surface area contributed by atoms with Crippen molar-refractivity contribution in [3.63, 3.8) is 0 Å². The topological polar surface area (TPSA) is 102 Å². The molecule has 3 aromatic rings. The van der Waals surface area contributed by atoms with Crippen molar-refractivity contribution in [1.29, 1.82) is 0 Å². The second-order valence-corrected chi connectivity index (χ2v) is 11.7. The van der Waals surface area contributed by atoms with Crippen LogP contribution in [0, 0.1) is 0 Å². The lowest BCUT2D eigenvalue weighted by Crippen LogP contribution is -2.20. The summed E-state index contributed by atoms with van der Waals surface area (Å²) in [5.74, 6) is -0.991. The van der Waals surface area contributed by atoms with Gasteiger partial charge in [0.1, 0.15) is 10.0 Å². The van der Waals surface area contributed by atoms with Crippen molar-refractivity contribution >= 4 is 60.7 Å². The monoisotopic (exact) mass is 482 g/mol. The molecule has 4 rings (SSSR count). The van der Waals surface area contributed by atoms with Gasteiger partial charge in [0.2, 0.25) is 5.91 Å². The van der Waals surface area contributed by atoms with Crippen molar-refractivity contribution in [3.05, 3.63) is 44.6 Å². The zero-order valence-electron chi connectivity index (χ0n) is 16.0. The van der Waals surface area contributed by atoms with E-state index in [-0.39, 0.29) is 42.4 Å². The normalized spacial score (nSPS) is 14.8. The Morgan fingerprint density at radius 1 is 1.30 bits per heavy atom. The molecule has 1 aliphatic rings. The molecule has 0 atom stereocenters. The highest BCUT2D eigenvalue weighted by Crippen LogP contribution is 2.38. The number of nitrogens with zero attached hydrogens (tertiary/aromatic N) is 1. The molecule has 3 aromatic heterocycles. The predicted octanol–water partition coefficient (Wildman–Crippen LogP) is 3.76. The van der Waals surface area contributed by atoms with E-state index in [2.05, 4.69) is 10.3 Å². The molecular formula is C19H18N2O5S4. The number of fused-ring (bicyclic) bond motifs is 1. The number of rotatable bonds is 6. The minimum absolute atomic E-state index is 0.0131. The van der Waals surface area contributed by atoms with Gasteiger partial charge in [-0.3, -0.25) is 4.79 Å². The fourth-order valence-corrected chi connectivity index (χ4v) is 7.86. The van der Waals surface area contributed by atoms with Crippen LogP contribution in [0.2, 0.25) is 0 Å². The van der Waals surface area contributed by atoms with E-state index in [0.717, 1.165) is 21.2 Å². The van der Waals surface area contributed by atoms with Crippen LogP contribution in [0.5, 0.6) is 0 Å². The van der Waals surface area contributed by atoms with Crippen LogP contribution in [0.3, 0.4) is 0 Å². The molecule has 1 amide bonds. The number of hydrogen-bond donors (Lipinski definition) is 1. The van der Waals surface area contributed by atoms with Crippen molar-refractivity contribution < 1.29 is 22.7 Å². The van der Waals surface area contributed by atoms with Crippen molar-refractivity contribution in [2.24, 2.45) is 0 Å². The zero-order chi connectivity index (χ0) is 21.3. The molecular weight excluding hydrogens is 464 g/mol. The Kier molecular flexibility index (Phi) is 6.05. The lowest BCUT2D eigenvalue weighted by atomic mass is 10.1. The molecule has 4 heterocycles. The van der Waals surface area contributed by atoms with Crippen molar-refractivity contribution in [1.82, 2.24) is 4.98 Å². The summed E-state index contributed by atoms with van der Waals surface area (Å²) in [4.78, 5) is 31.3. The van der Waals surface area contributed by atoms with E-state index < -0.39 is 15.8 Å². The van der Waals surface area contributed by atoms with Gasteiger partial charge < -0.3 is 10.1 Å². The Bertz CT molecular complexity index is 1190. The lowest BCUT2D eigenvalue weighted by molar-refractivity contribution is -0.115. The van der Waals surface area contributed by atoms with Crippen LogP contribution in [0.15, 0.2) is 22.9 Å². The highest BCUT2D eigenvalue weighted by atomic mass is 32.2. The van der Waals surface area contributed by atoms with Gasteiger partial charge in [0.15, 0.2) is 9.84 Å². The molecule has 1 N–H and O–H groups in total.